The average molecular weight is 703 g/mol. The Morgan fingerprint density at radius 2 is 1.79 bits per heavy atom. The Morgan fingerprint density at radius 1 is 1.08 bits per heavy atom. The molecule has 0 aromatic heterocycles. The predicted molar refractivity (Wildman–Crippen MR) is 179 cm³/mol. The lowest BCUT2D eigenvalue weighted by Crippen LogP contribution is -2.47. The molecule has 6 N–H and O–H groups in total. The average Bonchev–Trinajstić information content (AvgIpc) is 3.47. The molecule has 13 nitrogen and oxygen atoms in total. The number of amides is 1. The van der Waals surface area contributed by atoms with E-state index in [9.17, 15) is 26.7 Å². The summed E-state index contributed by atoms with van der Waals surface area (Å²) in [6, 6.07) is 18.4. The van der Waals surface area contributed by atoms with Crippen molar-refractivity contribution in [2.45, 2.75) is 53.3 Å². The second kappa shape index (κ2) is 14.9. The number of hydrogen-bond donors (Lipinski definition) is 4. The number of rotatable bonds is 14. The number of nitrogens with two attached hydrogens (primary N) is 2. The molecule has 0 aliphatic carbocycles. The number of sulfonamides is 1. The molecular formula is C33H42N4O9S2. The molecule has 0 bridgehead atoms. The van der Waals surface area contributed by atoms with Gasteiger partial charge < -0.3 is 36.1 Å². The lowest BCUT2D eigenvalue weighted by Gasteiger charge is -2.38. The smallest absolute Gasteiger partial charge is 0.246 e. The SMILES string of the molecule is COc1c(-c2ccc(CN)cc2)cccc1S(=O)(=O)N1CCC2(CC1)C[C@H](NC[C@H](O)COc1cccc(S(=O)(=O)CC(N)=O)c1)CO2. The van der Waals surface area contributed by atoms with Crippen molar-refractivity contribution in [2.24, 2.45) is 11.5 Å². The molecule has 2 saturated heterocycles. The Balaban J connectivity index is 1.13. The molecule has 2 aliphatic rings. The summed E-state index contributed by atoms with van der Waals surface area (Å²) in [4.78, 5) is 11.1. The zero-order valence-electron chi connectivity index (χ0n) is 26.7. The lowest BCUT2D eigenvalue weighted by molar-refractivity contribution is -0.115. The molecule has 48 heavy (non-hydrogen) atoms. The summed E-state index contributed by atoms with van der Waals surface area (Å²) >= 11 is 0. The van der Waals surface area contributed by atoms with Gasteiger partial charge in [0.05, 0.1) is 24.2 Å². The fourth-order valence-corrected chi connectivity index (χ4v) is 8.90. The van der Waals surface area contributed by atoms with Crippen molar-refractivity contribution in [2.75, 3.05) is 45.7 Å². The van der Waals surface area contributed by atoms with Gasteiger partial charge in [0.2, 0.25) is 15.9 Å². The van der Waals surface area contributed by atoms with E-state index in [-0.39, 0.29) is 34.7 Å². The van der Waals surface area contributed by atoms with Gasteiger partial charge in [-0.25, -0.2) is 16.8 Å². The van der Waals surface area contributed by atoms with Crippen LogP contribution in [0, 0.1) is 0 Å². The van der Waals surface area contributed by atoms with E-state index in [1.165, 1.54) is 29.6 Å². The minimum atomic E-state index is -3.89. The number of nitrogens with zero attached hydrogens (tertiary/aromatic N) is 1. The number of aliphatic hydroxyl groups excluding tert-OH is 1. The van der Waals surface area contributed by atoms with E-state index in [0.29, 0.717) is 56.8 Å². The van der Waals surface area contributed by atoms with Crippen LogP contribution in [0.3, 0.4) is 0 Å². The number of benzene rings is 3. The normalized spacial score (nSPS) is 18.9. The number of methoxy groups -OCH3 is 1. The van der Waals surface area contributed by atoms with Crippen LogP contribution in [-0.4, -0.2) is 95.6 Å². The molecule has 15 heteroatoms. The van der Waals surface area contributed by atoms with E-state index in [2.05, 4.69) is 5.32 Å². The number of primary amides is 1. The molecule has 5 rings (SSSR count). The molecule has 2 aliphatic heterocycles. The van der Waals surface area contributed by atoms with Crippen LogP contribution in [0.5, 0.6) is 11.5 Å². The monoisotopic (exact) mass is 702 g/mol. The van der Waals surface area contributed by atoms with Crippen LogP contribution in [0.1, 0.15) is 24.8 Å². The second-order valence-electron chi connectivity index (χ2n) is 12.1. The first-order valence-electron chi connectivity index (χ1n) is 15.6. The summed E-state index contributed by atoms with van der Waals surface area (Å²) in [6.07, 6.45) is 0.802. The highest BCUT2D eigenvalue weighted by atomic mass is 32.2. The highest BCUT2D eigenvalue weighted by Crippen LogP contribution is 2.41. The maximum absolute atomic E-state index is 13.9. The number of carbonyl (C=O) groups excluding carboxylic acids is 1. The van der Waals surface area contributed by atoms with E-state index in [4.69, 9.17) is 25.7 Å². The third-order valence-electron chi connectivity index (χ3n) is 8.73. The summed E-state index contributed by atoms with van der Waals surface area (Å²) in [5.41, 5.74) is 12.8. The highest BCUT2D eigenvalue weighted by Gasteiger charge is 2.45. The van der Waals surface area contributed by atoms with Crippen molar-refractivity contribution in [1.82, 2.24) is 9.62 Å². The number of nitrogens with one attached hydrogen (secondary N) is 1. The Labute approximate surface area is 281 Å². The summed E-state index contributed by atoms with van der Waals surface area (Å²) < 4.78 is 71.2. The molecule has 2 heterocycles. The maximum atomic E-state index is 13.9. The van der Waals surface area contributed by atoms with Gasteiger partial charge in [-0.15, -0.1) is 0 Å². The molecular weight excluding hydrogens is 661 g/mol. The molecule has 0 radical (unpaired) electrons. The first-order chi connectivity index (χ1) is 22.9. The highest BCUT2D eigenvalue weighted by molar-refractivity contribution is 7.92. The third-order valence-corrected chi connectivity index (χ3v) is 12.3. The fourth-order valence-electron chi connectivity index (χ4n) is 6.16. The van der Waals surface area contributed by atoms with E-state index >= 15 is 0 Å². The molecule has 0 unspecified atom stereocenters. The predicted octanol–water partition coefficient (Wildman–Crippen LogP) is 1.42. The van der Waals surface area contributed by atoms with Crippen molar-refractivity contribution in [3.8, 4) is 22.6 Å². The number of piperidine rings is 1. The largest absolute Gasteiger partial charge is 0.495 e. The first kappa shape index (κ1) is 35.7. The van der Waals surface area contributed by atoms with Gasteiger partial charge in [0.1, 0.15) is 34.9 Å². The molecule has 2 atom stereocenters. The third kappa shape index (κ3) is 8.17. The minimum Gasteiger partial charge on any atom is -0.495 e. The zero-order valence-corrected chi connectivity index (χ0v) is 28.3. The first-order valence-corrected chi connectivity index (χ1v) is 18.7. The number of carbonyl (C=O) groups is 1. The van der Waals surface area contributed by atoms with Gasteiger partial charge in [-0.05, 0) is 54.7 Å². The maximum Gasteiger partial charge on any atom is 0.246 e. The number of sulfone groups is 1. The molecule has 2 fully saturated rings. The summed E-state index contributed by atoms with van der Waals surface area (Å²) in [6.45, 7) is 1.52. The van der Waals surface area contributed by atoms with Crippen molar-refractivity contribution in [1.29, 1.82) is 0 Å². The van der Waals surface area contributed by atoms with Crippen LogP contribution >= 0.6 is 0 Å². The topological polar surface area (TPSA) is 201 Å². The van der Waals surface area contributed by atoms with Gasteiger partial charge in [0, 0.05) is 37.8 Å². The second-order valence-corrected chi connectivity index (χ2v) is 16.0. The number of ether oxygens (including phenoxy) is 3. The Bertz CT molecular complexity index is 1810. The van der Waals surface area contributed by atoms with E-state index in [1.54, 1.807) is 18.2 Å². The van der Waals surface area contributed by atoms with Gasteiger partial charge in [0.25, 0.3) is 0 Å². The molecule has 1 spiro atoms. The summed E-state index contributed by atoms with van der Waals surface area (Å²) in [5.74, 6) is -1.24. The quantitative estimate of drug-likeness (QED) is 0.189. The van der Waals surface area contributed by atoms with Crippen LogP contribution in [0.2, 0.25) is 0 Å². The Morgan fingerprint density at radius 3 is 2.46 bits per heavy atom. The van der Waals surface area contributed by atoms with Gasteiger partial charge >= 0.3 is 0 Å². The van der Waals surface area contributed by atoms with E-state index in [1.807, 2.05) is 30.3 Å². The van der Waals surface area contributed by atoms with Crippen LogP contribution in [-0.2, 0) is 35.9 Å². The zero-order chi connectivity index (χ0) is 34.5. The summed E-state index contributed by atoms with van der Waals surface area (Å²) in [5, 5.41) is 13.8. The molecule has 260 valence electrons. The summed E-state index contributed by atoms with van der Waals surface area (Å²) in [7, 11) is -6.28. The van der Waals surface area contributed by atoms with Gasteiger partial charge in [-0.3, -0.25) is 4.79 Å². The van der Waals surface area contributed by atoms with Gasteiger partial charge in [-0.2, -0.15) is 4.31 Å². The Hall–Kier alpha value is -3.57. The number of aliphatic hydroxyl groups is 1. The van der Waals surface area contributed by atoms with E-state index in [0.717, 1.165) is 11.1 Å². The van der Waals surface area contributed by atoms with Crippen LogP contribution in [0.15, 0.2) is 76.5 Å². The van der Waals surface area contributed by atoms with Crippen molar-refractivity contribution < 1.29 is 40.9 Å². The van der Waals surface area contributed by atoms with Crippen molar-refractivity contribution >= 4 is 25.8 Å². The van der Waals surface area contributed by atoms with Crippen molar-refractivity contribution in [3.63, 3.8) is 0 Å². The van der Waals surface area contributed by atoms with Crippen LogP contribution in [0.25, 0.3) is 11.1 Å². The number of para-hydroxylation sites is 1. The van der Waals surface area contributed by atoms with Crippen LogP contribution < -0.4 is 26.3 Å². The molecule has 3 aromatic carbocycles. The Kier molecular flexibility index (Phi) is 11.1. The number of hydrogen-bond acceptors (Lipinski definition) is 11. The standard InChI is InChI=1S/C33H42N4O9S2/c1-44-32-29(24-10-8-23(18-34)9-11-24)6-3-7-30(32)48(42,43)37-14-12-33(13-15-37)17-25(20-46-33)36-19-26(38)21-45-27-4-2-5-28(16-27)47(40,41)22-31(35)39/h2-11,16,25-26,36,38H,12-15,17-22,34H2,1H3,(H2,35,39)/t25-,26-/m0/s1. The van der Waals surface area contributed by atoms with Crippen molar-refractivity contribution in [3.05, 3.63) is 72.3 Å². The van der Waals surface area contributed by atoms with Gasteiger partial charge in [-0.1, -0.05) is 42.5 Å². The van der Waals surface area contributed by atoms with E-state index < -0.39 is 43.2 Å². The lowest BCUT2D eigenvalue weighted by atomic mass is 9.88. The minimum absolute atomic E-state index is 0.0486. The van der Waals surface area contributed by atoms with Gasteiger partial charge in [0.15, 0.2) is 9.84 Å². The van der Waals surface area contributed by atoms with Crippen LogP contribution in [0.4, 0.5) is 0 Å². The molecule has 3 aromatic rings. The fraction of sp³-hybridized carbons (Fsp3) is 0.424. The molecule has 1 amide bonds. The molecule has 0 saturated carbocycles.